The van der Waals surface area contributed by atoms with Gasteiger partial charge < -0.3 is 4.57 Å². The molecule has 24 heavy (non-hydrogen) atoms. The van der Waals surface area contributed by atoms with Gasteiger partial charge in [0, 0.05) is 25.0 Å². The molecule has 1 N–H and O–H groups in total. The number of anilines is 1. The molecule has 8 heteroatoms. The first-order valence-corrected chi connectivity index (χ1v) is 8.28. The van der Waals surface area contributed by atoms with Crippen LogP contribution in [-0.2, 0) is 11.8 Å². The van der Waals surface area contributed by atoms with Crippen LogP contribution in [0.3, 0.4) is 0 Å². The van der Waals surface area contributed by atoms with Gasteiger partial charge >= 0.3 is 0 Å². The second-order valence-corrected chi connectivity index (χ2v) is 6.08. The van der Waals surface area contributed by atoms with Crippen molar-refractivity contribution in [1.29, 1.82) is 0 Å². The SMILES string of the molecule is Cc1ccc(-c2nnc(SCC(=O)Nc3ncccn3)n2C)cc1. The summed E-state index contributed by atoms with van der Waals surface area (Å²) in [5, 5.41) is 11.7. The average molecular weight is 340 g/mol. The monoisotopic (exact) mass is 340 g/mol. The Hall–Kier alpha value is -2.74. The first-order chi connectivity index (χ1) is 11.6. The number of aromatic nitrogens is 5. The molecule has 0 aliphatic carbocycles. The lowest BCUT2D eigenvalue weighted by Gasteiger charge is -2.05. The Balaban J connectivity index is 1.64. The van der Waals surface area contributed by atoms with Gasteiger partial charge in [0.25, 0.3) is 0 Å². The number of thioether (sulfide) groups is 1. The number of hydrogen-bond donors (Lipinski definition) is 1. The molecule has 0 radical (unpaired) electrons. The molecular weight excluding hydrogens is 324 g/mol. The van der Waals surface area contributed by atoms with E-state index in [9.17, 15) is 4.79 Å². The number of benzene rings is 1. The van der Waals surface area contributed by atoms with Crippen LogP contribution in [-0.4, -0.2) is 36.4 Å². The van der Waals surface area contributed by atoms with E-state index in [1.807, 2.05) is 42.8 Å². The van der Waals surface area contributed by atoms with E-state index in [4.69, 9.17) is 0 Å². The fourth-order valence-electron chi connectivity index (χ4n) is 2.05. The molecule has 0 saturated heterocycles. The minimum absolute atomic E-state index is 0.189. The van der Waals surface area contributed by atoms with Crippen molar-refractivity contribution in [2.24, 2.45) is 7.05 Å². The Kier molecular flexibility index (Phi) is 4.85. The predicted molar refractivity (Wildman–Crippen MR) is 92.6 cm³/mol. The predicted octanol–water partition coefficient (Wildman–Crippen LogP) is 2.31. The summed E-state index contributed by atoms with van der Waals surface area (Å²) in [5.74, 6) is 1.08. The highest BCUT2D eigenvalue weighted by atomic mass is 32.2. The zero-order valence-electron chi connectivity index (χ0n) is 13.3. The lowest BCUT2D eigenvalue weighted by Crippen LogP contribution is -2.16. The van der Waals surface area contributed by atoms with Crippen LogP contribution >= 0.6 is 11.8 Å². The maximum Gasteiger partial charge on any atom is 0.237 e. The Bertz CT molecular complexity index is 832. The number of nitrogens with zero attached hydrogens (tertiary/aromatic N) is 5. The smallest absolute Gasteiger partial charge is 0.237 e. The van der Waals surface area contributed by atoms with Crippen molar-refractivity contribution in [1.82, 2.24) is 24.7 Å². The number of hydrogen-bond acceptors (Lipinski definition) is 6. The quantitative estimate of drug-likeness (QED) is 0.717. The number of carbonyl (C=O) groups is 1. The van der Waals surface area contributed by atoms with Gasteiger partial charge in [-0.2, -0.15) is 0 Å². The molecule has 0 atom stereocenters. The Morgan fingerprint density at radius 1 is 1.17 bits per heavy atom. The third-order valence-corrected chi connectivity index (χ3v) is 4.31. The molecule has 122 valence electrons. The second kappa shape index (κ2) is 7.22. The molecule has 0 aliphatic heterocycles. The highest BCUT2D eigenvalue weighted by Crippen LogP contribution is 2.22. The van der Waals surface area contributed by atoms with Crippen molar-refractivity contribution in [2.75, 3.05) is 11.1 Å². The van der Waals surface area contributed by atoms with E-state index in [-0.39, 0.29) is 11.7 Å². The minimum Gasteiger partial charge on any atom is -0.305 e. The highest BCUT2D eigenvalue weighted by Gasteiger charge is 2.13. The molecule has 7 nitrogen and oxygen atoms in total. The fourth-order valence-corrected chi connectivity index (χ4v) is 2.76. The molecule has 2 aromatic heterocycles. The Morgan fingerprint density at radius 3 is 2.58 bits per heavy atom. The van der Waals surface area contributed by atoms with E-state index in [2.05, 4.69) is 25.5 Å². The number of nitrogens with one attached hydrogen (secondary N) is 1. The number of rotatable bonds is 5. The number of amides is 1. The molecule has 3 aromatic rings. The van der Waals surface area contributed by atoms with Crippen LogP contribution in [0, 0.1) is 6.92 Å². The molecule has 3 rings (SSSR count). The van der Waals surface area contributed by atoms with E-state index in [1.54, 1.807) is 18.5 Å². The maximum absolute atomic E-state index is 11.9. The fraction of sp³-hybridized carbons (Fsp3) is 0.188. The summed E-state index contributed by atoms with van der Waals surface area (Å²) in [6.07, 6.45) is 3.15. The van der Waals surface area contributed by atoms with E-state index < -0.39 is 0 Å². The van der Waals surface area contributed by atoms with Crippen LogP contribution < -0.4 is 5.32 Å². The minimum atomic E-state index is -0.189. The summed E-state index contributed by atoms with van der Waals surface area (Å²) in [6.45, 7) is 2.04. The van der Waals surface area contributed by atoms with Crippen molar-refractivity contribution in [3.63, 3.8) is 0 Å². The second-order valence-electron chi connectivity index (χ2n) is 5.14. The van der Waals surface area contributed by atoms with Crippen molar-refractivity contribution < 1.29 is 4.79 Å². The van der Waals surface area contributed by atoms with Gasteiger partial charge in [-0.3, -0.25) is 10.1 Å². The van der Waals surface area contributed by atoms with Gasteiger partial charge in [-0.1, -0.05) is 41.6 Å². The van der Waals surface area contributed by atoms with E-state index in [0.29, 0.717) is 11.1 Å². The molecule has 0 aliphatic rings. The normalized spacial score (nSPS) is 10.6. The molecule has 1 amide bonds. The summed E-state index contributed by atoms with van der Waals surface area (Å²) in [6, 6.07) is 9.77. The molecule has 1 aromatic carbocycles. The van der Waals surface area contributed by atoms with Crippen molar-refractivity contribution in [2.45, 2.75) is 12.1 Å². The lowest BCUT2D eigenvalue weighted by atomic mass is 10.1. The van der Waals surface area contributed by atoms with Crippen LogP contribution in [0.15, 0.2) is 47.9 Å². The summed E-state index contributed by atoms with van der Waals surface area (Å²) < 4.78 is 1.88. The molecule has 0 unspecified atom stereocenters. The van der Waals surface area contributed by atoms with Gasteiger partial charge in [0.2, 0.25) is 11.9 Å². The number of aryl methyl sites for hydroxylation is 1. The average Bonchev–Trinajstić information content (AvgIpc) is 2.95. The van der Waals surface area contributed by atoms with Crippen LogP contribution in [0.4, 0.5) is 5.95 Å². The van der Waals surface area contributed by atoms with Gasteiger partial charge in [0.05, 0.1) is 5.75 Å². The van der Waals surface area contributed by atoms with Crippen LogP contribution in [0.25, 0.3) is 11.4 Å². The van der Waals surface area contributed by atoms with Crippen LogP contribution in [0.1, 0.15) is 5.56 Å². The van der Waals surface area contributed by atoms with E-state index in [0.717, 1.165) is 11.4 Å². The van der Waals surface area contributed by atoms with Crippen LogP contribution in [0.5, 0.6) is 0 Å². The Labute approximate surface area is 143 Å². The van der Waals surface area contributed by atoms with Gasteiger partial charge in [-0.15, -0.1) is 10.2 Å². The zero-order valence-corrected chi connectivity index (χ0v) is 14.1. The molecule has 0 bridgehead atoms. The standard InChI is InChI=1S/C16H16N6OS/c1-11-4-6-12(7-5-11)14-20-21-16(22(14)2)24-10-13(23)19-15-17-8-3-9-18-15/h3-9H,10H2,1-2H3,(H,17,18,19,23). The molecule has 0 fully saturated rings. The van der Waals surface area contributed by atoms with Gasteiger partial charge in [-0.25, -0.2) is 9.97 Å². The third kappa shape index (κ3) is 3.77. The van der Waals surface area contributed by atoms with Crippen LogP contribution in [0.2, 0.25) is 0 Å². The Morgan fingerprint density at radius 2 is 1.88 bits per heavy atom. The summed E-state index contributed by atoms with van der Waals surface area (Å²) in [4.78, 5) is 19.9. The first kappa shape index (κ1) is 16.1. The molecule has 0 spiro atoms. The summed E-state index contributed by atoms with van der Waals surface area (Å²) in [7, 11) is 1.88. The third-order valence-electron chi connectivity index (χ3n) is 3.29. The molecular formula is C16H16N6OS. The van der Waals surface area contributed by atoms with E-state index in [1.165, 1.54) is 17.3 Å². The summed E-state index contributed by atoms with van der Waals surface area (Å²) >= 11 is 1.31. The zero-order chi connectivity index (χ0) is 16.9. The van der Waals surface area contributed by atoms with Crippen molar-refractivity contribution >= 4 is 23.6 Å². The van der Waals surface area contributed by atoms with Crippen molar-refractivity contribution in [3.8, 4) is 11.4 Å². The number of carbonyl (C=O) groups excluding carboxylic acids is 1. The van der Waals surface area contributed by atoms with Gasteiger partial charge in [-0.05, 0) is 13.0 Å². The largest absolute Gasteiger partial charge is 0.305 e. The topological polar surface area (TPSA) is 85.6 Å². The van der Waals surface area contributed by atoms with E-state index >= 15 is 0 Å². The summed E-state index contributed by atoms with van der Waals surface area (Å²) in [5.41, 5.74) is 2.18. The van der Waals surface area contributed by atoms with Crippen molar-refractivity contribution in [3.05, 3.63) is 48.3 Å². The highest BCUT2D eigenvalue weighted by molar-refractivity contribution is 7.99. The molecule has 0 saturated carbocycles. The lowest BCUT2D eigenvalue weighted by molar-refractivity contribution is -0.113. The molecule has 2 heterocycles. The van der Waals surface area contributed by atoms with Gasteiger partial charge in [0.15, 0.2) is 11.0 Å². The van der Waals surface area contributed by atoms with Gasteiger partial charge in [0.1, 0.15) is 0 Å². The maximum atomic E-state index is 11.9. The first-order valence-electron chi connectivity index (χ1n) is 7.29.